The fraction of sp³-hybridized carbons (Fsp3) is 0.900. The lowest BCUT2D eigenvalue weighted by molar-refractivity contribution is -0.120. The summed E-state index contributed by atoms with van der Waals surface area (Å²) in [5.41, 5.74) is 5.20. The molecule has 0 saturated heterocycles. The predicted octanol–water partition coefficient (Wildman–Crippen LogP) is 0.000900. The lowest BCUT2D eigenvalue weighted by Crippen LogP contribution is -2.43. The van der Waals surface area contributed by atoms with E-state index in [9.17, 15) is 9.90 Å². The van der Waals surface area contributed by atoms with Gasteiger partial charge in [-0.25, -0.2) is 0 Å². The lowest BCUT2D eigenvalue weighted by Gasteiger charge is -2.19. The standard InChI is InChI=1S/C10H20N2O2/c1-2-8(10(11)14)12-6-7-4-3-5-9(7)13/h7-9,12-13H,2-6H2,1H3,(H2,11,14). The predicted molar refractivity (Wildman–Crippen MR) is 54.6 cm³/mol. The van der Waals surface area contributed by atoms with Gasteiger partial charge in [-0.2, -0.15) is 0 Å². The van der Waals surface area contributed by atoms with Gasteiger partial charge in [-0.15, -0.1) is 0 Å². The van der Waals surface area contributed by atoms with E-state index in [0.717, 1.165) is 19.3 Å². The van der Waals surface area contributed by atoms with Gasteiger partial charge in [-0.1, -0.05) is 13.3 Å². The molecule has 3 unspecified atom stereocenters. The van der Waals surface area contributed by atoms with E-state index in [1.54, 1.807) is 0 Å². The number of primary amides is 1. The van der Waals surface area contributed by atoms with Gasteiger partial charge < -0.3 is 16.2 Å². The number of nitrogens with one attached hydrogen (secondary N) is 1. The van der Waals surface area contributed by atoms with Crippen LogP contribution in [0, 0.1) is 5.92 Å². The fourth-order valence-electron chi connectivity index (χ4n) is 2.00. The van der Waals surface area contributed by atoms with E-state index in [4.69, 9.17) is 5.73 Å². The molecule has 0 radical (unpaired) electrons. The SMILES string of the molecule is CCC(NCC1CCCC1O)C(N)=O. The molecule has 1 amide bonds. The van der Waals surface area contributed by atoms with Crippen molar-refractivity contribution in [3.8, 4) is 0 Å². The monoisotopic (exact) mass is 200 g/mol. The summed E-state index contributed by atoms with van der Waals surface area (Å²) in [6.45, 7) is 2.62. The van der Waals surface area contributed by atoms with Gasteiger partial charge in [-0.3, -0.25) is 4.79 Å². The number of carbonyl (C=O) groups is 1. The topological polar surface area (TPSA) is 75.3 Å². The van der Waals surface area contributed by atoms with E-state index in [1.807, 2.05) is 6.92 Å². The van der Waals surface area contributed by atoms with Crippen molar-refractivity contribution in [2.75, 3.05) is 6.54 Å². The number of aliphatic hydroxyl groups excluding tert-OH is 1. The third-order valence-corrected chi connectivity index (χ3v) is 3.00. The van der Waals surface area contributed by atoms with Gasteiger partial charge in [0.25, 0.3) is 0 Å². The normalized spacial score (nSPS) is 29.0. The maximum atomic E-state index is 10.9. The van der Waals surface area contributed by atoms with Crippen molar-refractivity contribution in [3.63, 3.8) is 0 Å². The van der Waals surface area contributed by atoms with Crippen molar-refractivity contribution in [1.29, 1.82) is 0 Å². The zero-order valence-corrected chi connectivity index (χ0v) is 8.70. The second-order valence-corrected chi connectivity index (χ2v) is 4.03. The van der Waals surface area contributed by atoms with Gasteiger partial charge in [0.05, 0.1) is 12.1 Å². The third-order valence-electron chi connectivity index (χ3n) is 3.00. The van der Waals surface area contributed by atoms with E-state index in [1.165, 1.54) is 0 Å². The van der Waals surface area contributed by atoms with Crippen LogP contribution in [0.2, 0.25) is 0 Å². The molecule has 0 aliphatic heterocycles. The Kier molecular flexibility index (Phi) is 4.35. The van der Waals surface area contributed by atoms with Crippen molar-refractivity contribution in [1.82, 2.24) is 5.32 Å². The van der Waals surface area contributed by atoms with Gasteiger partial charge in [0, 0.05) is 6.54 Å². The van der Waals surface area contributed by atoms with Gasteiger partial charge >= 0.3 is 0 Å². The first kappa shape index (κ1) is 11.5. The average molecular weight is 200 g/mol. The summed E-state index contributed by atoms with van der Waals surface area (Å²) in [5, 5.41) is 12.7. The van der Waals surface area contributed by atoms with Gasteiger partial charge in [-0.05, 0) is 25.2 Å². The molecule has 1 aliphatic carbocycles. The molecule has 0 aromatic heterocycles. The van der Waals surface area contributed by atoms with E-state index < -0.39 is 0 Å². The minimum Gasteiger partial charge on any atom is -0.393 e. The summed E-state index contributed by atoms with van der Waals surface area (Å²) in [6, 6.07) is -0.247. The molecule has 4 heteroatoms. The van der Waals surface area contributed by atoms with Crippen LogP contribution in [0.3, 0.4) is 0 Å². The van der Waals surface area contributed by atoms with Gasteiger partial charge in [0.1, 0.15) is 0 Å². The van der Waals surface area contributed by atoms with E-state index in [0.29, 0.717) is 18.9 Å². The van der Waals surface area contributed by atoms with Crippen LogP contribution >= 0.6 is 0 Å². The Morgan fingerprint density at radius 2 is 2.36 bits per heavy atom. The first-order valence-corrected chi connectivity index (χ1v) is 5.36. The summed E-state index contributed by atoms with van der Waals surface area (Å²) >= 11 is 0. The molecule has 4 N–H and O–H groups in total. The highest BCUT2D eigenvalue weighted by Crippen LogP contribution is 2.24. The average Bonchev–Trinajstić information content (AvgIpc) is 2.52. The molecule has 0 heterocycles. The number of rotatable bonds is 5. The minimum absolute atomic E-state index is 0.201. The van der Waals surface area contributed by atoms with Crippen LogP contribution in [0.15, 0.2) is 0 Å². The molecule has 82 valence electrons. The van der Waals surface area contributed by atoms with Crippen LogP contribution in [0.1, 0.15) is 32.6 Å². The molecule has 0 spiro atoms. The lowest BCUT2D eigenvalue weighted by atomic mass is 10.1. The summed E-state index contributed by atoms with van der Waals surface area (Å²) in [6.07, 6.45) is 3.52. The fourth-order valence-corrected chi connectivity index (χ4v) is 2.00. The second-order valence-electron chi connectivity index (χ2n) is 4.03. The Morgan fingerprint density at radius 1 is 1.64 bits per heavy atom. The van der Waals surface area contributed by atoms with E-state index in [-0.39, 0.29) is 18.1 Å². The Balaban J connectivity index is 2.27. The van der Waals surface area contributed by atoms with Crippen molar-refractivity contribution in [2.45, 2.75) is 44.8 Å². The highest BCUT2D eigenvalue weighted by atomic mass is 16.3. The van der Waals surface area contributed by atoms with Crippen molar-refractivity contribution in [2.24, 2.45) is 11.7 Å². The zero-order chi connectivity index (χ0) is 10.6. The van der Waals surface area contributed by atoms with Crippen molar-refractivity contribution >= 4 is 5.91 Å². The molecule has 3 atom stereocenters. The zero-order valence-electron chi connectivity index (χ0n) is 8.70. The van der Waals surface area contributed by atoms with Crippen molar-refractivity contribution < 1.29 is 9.90 Å². The number of hydrogen-bond acceptors (Lipinski definition) is 3. The van der Waals surface area contributed by atoms with Gasteiger partial charge in [0.2, 0.25) is 5.91 Å². The quantitative estimate of drug-likeness (QED) is 0.585. The molecule has 1 aliphatic rings. The maximum absolute atomic E-state index is 10.9. The van der Waals surface area contributed by atoms with Crippen LogP contribution in [0.25, 0.3) is 0 Å². The molecule has 4 nitrogen and oxygen atoms in total. The molecule has 0 bridgehead atoms. The molecule has 1 fully saturated rings. The summed E-state index contributed by atoms with van der Waals surface area (Å²) < 4.78 is 0. The molecule has 1 saturated carbocycles. The van der Waals surface area contributed by atoms with Gasteiger partial charge in [0.15, 0.2) is 0 Å². The number of aliphatic hydroxyl groups is 1. The number of hydrogen-bond donors (Lipinski definition) is 3. The van der Waals surface area contributed by atoms with Crippen LogP contribution in [-0.2, 0) is 4.79 Å². The van der Waals surface area contributed by atoms with Crippen LogP contribution in [0.4, 0.5) is 0 Å². The summed E-state index contributed by atoms with van der Waals surface area (Å²) in [7, 11) is 0. The molecule has 14 heavy (non-hydrogen) atoms. The van der Waals surface area contributed by atoms with E-state index >= 15 is 0 Å². The molecular formula is C10H20N2O2. The Bertz CT molecular complexity index is 197. The largest absolute Gasteiger partial charge is 0.393 e. The highest BCUT2D eigenvalue weighted by Gasteiger charge is 2.25. The Hall–Kier alpha value is -0.610. The molecular weight excluding hydrogens is 180 g/mol. The van der Waals surface area contributed by atoms with Crippen LogP contribution in [0.5, 0.6) is 0 Å². The number of carbonyl (C=O) groups excluding carboxylic acids is 1. The summed E-state index contributed by atoms with van der Waals surface area (Å²) in [4.78, 5) is 10.9. The number of nitrogens with two attached hydrogens (primary N) is 1. The van der Waals surface area contributed by atoms with Crippen LogP contribution in [-0.4, -0.2) is 29.7 Å². The molecule has 0 aromatic carbocycles. The maximum Gasteiger partial charge on any atom is 0.234 e. The smallest absolute Gasteiger partial charge is 0.234 e. The summed E-state index contributed by atoms with van der Waals surface area (Å²) in [5.74, 6) is -0.0108. The highest BCUT2D eigenvalue weighted by molar-refractivity contribution is 5.79. The van der Waals surface area contributed by atoms with Crippen molar-refractivity contribution in [3.05, 3.63) is 0 Å². The third kappa shape index (κ3) is 2.96. The first-order chi connectivity index (χ1) is 6.65. The Morgan fingerprint density at radius 3 is 2.79 bits per heavy atom. The Labute approximate surface area is 84.9 Å². The number of amides is 1. The van der Waals surface area contributed by atoms with Crippen LogP contribution < -0.4 is 11.1 Å². The second kappa shape index (κ2) is 5.32. The molecule has 1 rings (SSSR count). The minimum atomic E-state index is -0.306. The van der Waals surface area contributed by atoms with E-state index in [2.05, 4.69) is 5.32 Å². The molecule has 0 aromatic rings. The first-order valence-electron chi connectivity index (χ1n) is 5.36.